The lowest BCUT2D eigenvalue weighted by atomic mass is 9.94. The van der Waals surface area contributed by atoms with Gasteiger partial charge in [-0.15, -0.1) is 0 Å². The van der Waals surface area contributed by atoms with E-state index in [-0.39, 0.29) is 29.8 Å². The number of esters is 1. The topological polar surface area (TPSA) is 102 Å². The summed E-state index contributed by atoms with van der Waals surface area (Å²) in [4.78, 5) is 35.3. The number of phenolic OH excluding ortho intramolecular Hbond substituents is 1. The fourth-order valence-electron chi connectivity index (χ4n) is 2.85. The van der Waals surface area contributed by atoms with Gasteiger partial charge in [-0.1, -0.05) is 22.9 Å². The van der Waals surface area contributed by atoms with Crippen LogP contribution < -0.4 is 5.32 Å². The Morgan fingerprint density at radius 1 is 1.16 bits per heavy atom. The Morgan fingerprint density at radius 3 is 2.45 bits per heavy atom. The van der Waals surface area contributed by atoms with Crippen molar-refractivity contribution < 1.29 is 29.0 Å². The van der Waals surface area contributed by atoms with E-state index in [1.54, 1.807) is 36.4 Å². The molecule has 0 aliphatic rings. The third-order valence-electron chi connectivity index (χ3n) is 4.55. The molecular weight excluding hydrogens is 486 g/mol. The largest absolute Gasteiger partial charge is 0.508 e. The van der Waals surface area contributed by atoms with E-state index in [9.17, 15) is 19.5 Å². The van der Waals surface area contributed by atoms with Crippen molar-refractivity contribution >= 4 is 52.1 Å². The van der Waals surface area contributed by atoms with Crippen molar-refractivity contribution in [2.45, 2.75) is 26.4 Å². The maximum absolute atomic E-state index is 12.6. The fourth-order valence-corrected chi connectivity index (χ4v) is 3.32. The average molecular weight is 510 g/mol. The van der Waals surface area contributed by atoms with Gasteiger partial charge in [-0.05, 0) is 55.8 Å². The first-order valence-electron chi connectivity index (χ1n) is 9.54. The Balaban J connectivity index is 2.15. The molecule has 0 saturated heterocycles. The Hall–Kier alpha value is -2.52. The molecule has 166 valence electrons. The number of nitrogens with one attached hydrogen (secondary N) is 1. The smallest absolute Gasteiger partial charge is 0.412 e. The van der Waals surface area contributed by atoms with Gasteiger partial charge < -0.3 is 14.6 Å². The van der Waals surface area contributed by atoms with Crippen LogP contribution >= 0.6 is 28.6 Å². The van der Waals surface area contributed by atoms with Crippen molar-refractivity contribution in [2.24, 2.45) is 5.92 Å². The summed E-state index contributed by atoms with van der Waals surface area (Å²) in [5, 5.41) is 13.0. The van der Waals surface area contributed by atoms with Crippen LogP contribution in [0.2, 0.25) is 0 Å². The number of carbonyl (C=O) groups is 3. The number of anilines is 1. The van der Waals surface area contributed by atoms with Gasteiger partial charge in [0.1, 0.15) is 11.9 Å². The van der Waals surface area contributed by atoms with Gasteiger partial charge in [0.05, 0.1) is 12.4 Å². The van der Waals surface area contributed by atoms with E-state index in [0.29, 0.717) is 27.7 Å². The monoisotopic (exact) mass is 509 g/mol. The zero-order chi connectivity index (χ0) is 23.0. The lowest BCUT2D eigenvalue weighted by molar-refractivity contribution is -0.141. The van der Waals surface area contributed by atoms with Crippen LogP contribution in [0.25, 0.3) is 0 Å². The number of rotatable bonds is 9. The van der Waals surface area contributed by atoms with Crippen LogP contribution in [0.4, 0.5) is 10.5 Å². The first-order chi connectivity index (χ1) is 14.7. The molecule has 0 aliphatic heterocycles. The van der Waals surface area contributed by atoms with Crippen LogP contribution in [0.3, 0.4) is 0 Å². The number of carbonyl (C=O) groups excluding carboxylic acids is 3. The van der Waals surface area contributed by atoms with Crippen molar-refractivity contribution in [1.29, 1.82) is 0 Å². The molecule has 9 heteroatoms. The quantitative estimate of drug-likeness (QED) is 0.245. The maximum atomic E-state index is 12.6. The minimum absolute atomic E-state index is 0.0222. The number of Topliss-reactive ketones (excluding diaryl/α,β-unsaturated/α-hetero) is 1. The number of ether oxygens (including phenoxy) is 2. The van der Waals surface area contributed by atoms with Crippen molar-refractivity contribution in [3.8, 4) is 5.75 Å². The molecule has 0 aromatic heterocycles. The summed E-state index contributed by atoms with van der Waals surface area (Å²) < 4.78 is 11.4. The van der Waals surface area contributed by atoms with Gasteiger partial charge in [-0.2, -0.15) is 12.6 Å². The van der Waals surface area contributed by atoms with E-state index < -0.39 is 18.2 Å². The van der Waals surface area contributed by atoms with Gasteiger partial charge in [0.2, 0.25) is 0 Å². The van der Waals surface area contributed by atoms with E-state index in [1.165, 1.54) is 13.0 Å². The number of aromatic hydroxyl groups is 1. The summed E-state index contributed by atoms with van der Waals surface area (Å²) in [5.41, 5.74) is 1.41. The fraction of sp³-hybridized carbons (Fsp3) is 0.318. The van der Waals surface area contributed by atoms with Gasteiger partial charge in [-0.3, -0.25) is 14.9 Å². The van der Waals surface area contributed by atoms with Crippen LogP contribution in [0, 0.1) is 5.92 Å². The highest BCUT2D eigenvalue weighted by Gasteiger charge is 2.27. The first-order valence-corrected chi connectivity index (χ1v) is 11.0. The second-order valence-corrected chi connectivity index (χ2v) is 8.16. The van der Waals surface area contributed by atoms with E-state index in [2.05, 4.69) is 33.9 Å². The zero-order valence-corrected chi connectivity index (χ0v) is 19.6. The van der Waals surface area contributed by atoms with Crippen molar-refractivity contribution in [3.63, 3.8) is 0 Å². The lowest BCUT2D eigenvalue weighted by Crippen LogP contribution is -2.23. The molecule has 0 spiro atoms. The molecule has 0 saturated carbocycles. The van der Waals surface area contributed by atoms with Crippen LogP contribution in [0.15, 0.2) is 46.9 Å². The van der Waals surface area contributed by atoms with Gasteiger partial charge in [0, 0.05) is 27.2 Å². The second-order valence-electron chi connectivity index (χ2n) is 6.93. The number of hydrogen-bond acceptors (Lipinski definition) is 7. The highest BCUT2D eigenvalue weighted by molar-refractivity contribution is 9.10. The molecular formula is C22H24BrNO6S. The summed E-state index contributed by atoms with van der Waals surface area (Å²) in [5.74, 6) is -0.840. The number of amides is 1. The van der Waals surface area contributed by atoms with E-state index in [0.717, 1.165) is 0 Å². The zero-order valence-electron chi connectivity index (χ0n) is 17.1. The third kappa shape index (κ3) is 7.59. The average Bonchev–Trinajstić information content (AvgIpc) is 2.74. The standard InChI is InChI=1S/C22H24BrNO6S/c1-13(9-10-29-20(27)12-31)21(18-11-16(23)5-8-19(18)26)30-22(28)24-17-6-3-15(4-7-17)14(2)25/h3-8,11,13,21,26,31H,9-10,12H2,1-2H3,(H,24,28)/t13-,21+/m1/s1. The predicted molar refractivity (Wildman–Crippen MR) is 124 cm³/mol. The lowest BCUT2D eigenvalue weighted by Gasteiger charge is -2.25. The van der Waals surface area contributed by atoms with E-state index >= 15 is 0 Å². The Kier molecular flexibility index (Phi) is 9.39. The molecule has 2 rings (SSSR count). The van der Waals surface area contributed by atoms with Crippen molar-refractivity contribution in [2.75, 3.05) is 17.7 Å². The number of halogens is 1. The van der Waals surface area contributed by atoms with E-state index in [1.807, 2.05) is 6.92 Å². The molecule has 2 aromatic carbocycles. The number of benzene rings is 2. The molecule has 0 bridgehead atoms. The first kappa shape index (κ1) is 24.7. The summed E-state index contributed by atoms with van der Waals surface area (Å²) in [6.07, 6.45) is -1.13. The molecule has 2 aromatic rings. The summed E-state index contributed by atoms with van der Waals surface area (Å²) in [7, 11) is 0. The number of phenols is 1. The molecule has 31 heavy (non-hydrogen) atoms. The van der Waals surface area contributed by atoms with Crippen LogP contribution in [-0.2, 0) is 14.3 Å². The number of ketones is 1. The predicted octanol–water partition coefficient (Wildman–Crippen LogP) is 5.15. The summed E-state index contributed by atoms with van der Waals surface area (Å²) in [6.45, 7) is 3.42. The Labute approximate surface area is 194 Å². The minimum atomic E-state index is -0.802. The summed E-state index contributed by atoms with van der Waals surface area (Å²) in [6, 6.07) is 11.3. The molecule has 0 heterocycles. The summed E-state index contributed by atoms with van der Waals surface area (Å²) >= 11 is 7.22. The van der Waals surface area contributed by atoms with Crippen LogP contribution in [-0.4, -0.2) is 35.3 Å². The molecule has 7 nitrogen and oxygen atoms in total. The Bertz CT molecular complexity index is 934. The van der Waals surface area contributed by atoms with Gasteiger partial charge in [0.15, 0.2) is 5.78 Å². The van der Waals surface area contributed by atoms with Crippen LogP contribution in [0.1, 0.15) is 42.3 Å². The van der Waals surface area contributed by atoms with Crippen molar-refractivity contribution in [3.05, 3.63) is 58.1 Å². The number of hydrogen-bond donors (Lipinski definition) is 3. The van der Waals surface area contributed by atoms with Gasteiger partial charge in [0.25, 0.3) is 0 Å². The molecule has 0 unspecified atom stereocenters. The highest BCUT2D eigenvalue weighted by atomic mass is 79.9. The van der Waals surface area contributed by atoms with Crippen LogP contribution in [0.5, 0.6) is 5.75 Å². The van der Waals surface area contributed by atoms with E-state index in [4.69, 9.17) is 9.47 Å². The molecule has 2 N–H and O–H groups in total. The van der Waals surface area contributed by atoms with Gasteiger partial charge in [-0.25, -0.2) is 4.79 Å². The third-order valence-corrected chi connectivity index (χ3v) is 5.30. The molecule has 2 atom stereocenters. The molecule has 0 aliphatic carbocycles. The molecule has 0 radical (unpaired) electrons. The van der Waals surface area contributed by atoms with Gasteiger partial charge >= 0.3 is 12.1 Å². The highest BCUT2D eigenvalue weighted by Crippen LogP contribution is 2.36. The minimum Gasteiger partial charge on any atom is -0.508 e. The molecule has 1 amide bonds. The number of thiol groups is 1. The maximum Gasteiger partial charge on any atom is 0.412 e. The normalized spacial score (nSPS) is 12.5. The SMILES string of the molecule is CC(=O)c1ccc(NC(=O)O[C@H](c2cc(Br)ccc2O)[C@H](C)CCOC(=O)CS)cc1. The van der Waals surface area contributed by atoms with Crippen molar-refractivity contribution in [1.82, 2.24) is 0 Å². The molecule has 0 fully saturated rings. The second kappa shape index (κ2) is 11.8. The Morgan fingerprint density at radius 2 is 1.84 bits per heavy atom.